The molecule has 0 unspecified atom stereocenters. The molecule has 1 N–H and O–H groups in total. The number of carbonyl (C=O) groups excluding carboxylic acids is 1. The van der Waals surface area contributed by atoms with Crippen molar-refractivity contribution in [3.63, 3.8) is 0 Å². The lowest BCUT2D eigenvalue weighted by Gasteiger charge is -2.10. The number of methoxy groups -OCH3 is 2. The SMILES string of the molecule is COc1ccc(CNC(=O)Cn2cnc(C#N)n2)cc1OC. The van der Waals surface area contributed by atoms with Gasteiger partial charge in [-0.05, 0) is 17.7 Å². The highest BCUT2D eigenvalue weighted by Crippen LogP contribution is 2.27. The Balaban J connectivity index is 1.92. The predicted octanol–water partition coefficient (Wildman–Crippen LogP) is 0.483. The van der Waals surface area contributed by atoms with Gasteiger partial charge in [0.25, 0.3) is 5.82 Å². The zero-order valence-electron chi connectivity index (χ0n) is 12.2. The van der Waals surface area contributed by atoms with E-state index in [0.29, 0.717) is 18.0 Å². The average Bonchev–Trinajstić information content (AvgIpc) is 3.00. The van der Waals surface area contributed by atoms with Gasteiger partial charge in [0, 0.05) is 6.54 Å². The van der Waals surface area contributed by atoms with Crippen molar-refractivity contribution in [2.24, 2.45) is 0 Å². The minimum absolute atomic E-state index is 0.00195. The summed E-state index contributed by atoms with van der Waals surface area (Å²) in [4.78, 5) is 15.6. The second-order valence-electron chi connectivity index (χ2n) is 4.34. The van der Waals surface area contributed by atoms with Crippen LogP contribution >= 0.6 is 0 Å². The summed E-state index contributed by atoms with van der Waals surface area (Å²) in [5.74, 6) is 1.03. The van der Waals surface area contributed by atoms with E-state index in [9.17, 15) is 4.79 Å². The summed E-state index contributed by atoms with van der Waals surface area (Å²) in [5, 5.41) is 15.2. The first-order valence-electron chi connectivity index (χ1n) is 6.43. The van der Waals surface area contributed by atoms with Crippen molar-refractivity contribution in [2.45, 2.75) is 13.1 Å². The predicted molar refractivity (Wildman–Crippen MR) is 76.1 cm³/mol. The Bertz CT molecular complexity index is 705. The smallest absolute Gasteiger partial charge is 0.252 e. The molecule has 0 atom stereocenters. The maximum atomic E-state index is 11.8. The van der Waals surface area contributed by atoms with Gasteiger partial charge in [0.2, 0.25) is 5.91 Å². The topological polar surface area (TPSA) is 102 Å². The summed E-state index contributed by atoms with van der Waals surface area (Å²) in [5.41, 5.74) is 0.877. The molecule has 0 aliphatic heterocycles. The second-order valence-corrected chi connectivity index (χ2v) is 4.34. The van der Waals surface area contributed by atoms with Crippen molar-refractivity contribution >= 4 is 5.91 Å². The van der Waals surface area contributed by atoms with Crippen LogP contribution in [0.3, 0.4) is 0 Å². The molecule has 0 saturated carbocycles. The Morgan fingerprint density at radius 1 is 1.36 bits per heavy atom. The van der Waals surface area contributed by atoms with Crippen molar-refractivity contribution in [1.82, 2.24) is 20.1 Å². The Morgan fingerprint density at radius 3 is 2.77 bits per heavy atom. The maximum absolute atomic E-state index is 11.8. The van der Waals surface area contributed by atoms with E-state index in [0.717, 1.165) is 5.56 Å². The van der Waals surface area contributed by atoms with Gasteiger partial charge in [-0.2, -0.15) is 5.26 Å². The number of hydrogen-bond donors (Lipinski definition) is 1. The van der Waals surface area contributed by atoms with E-state index < -0.39 is 0 Å². The molecule has 8 nitrogen and oxygen atoms in total. The first kappa shape index (κ1) is 15.3. The standard InChI is InChI=1S/C14H15N5O3/c1-21-11-4-3-10(5-12(11)22-2)7-16-14(20)8-19-9-17-13(6-15)18-19/h3-5,9H,7-8H2,1-2H3,(H,16,20). The zero-order valence-corrected chi connectivity index (χ0v) is 12.2. The summed E-state index contributed by atoms with van der Waals surface area (Å²) in [6, 6.07) is 7.21. The van der Waals surface area contributed by atoms with Crippen LogP contribution < -0.4 is 14.8 Å². The van der Waals surface area contributed by atoms with Crippen molar-refractivity contribution in [3.05, 3.63) is 35.9 Å². The van der Waals surface area contributed by atoms with Crippen LogP contribution in [0.5, 0.6) is 11.5 Å². The lowest BCUT2D eigenvalue weighted by Crippen LogP contribution is -2.27. The fourth-order valence-electron chi connectivity index (χ4n) is 1.82. The normalized spacial score (nSPS) is 9.86. The van der Waals surface area contributed by atoms with Crippen LogP contribution in [0.15, 0.2) is 24.5 Å². The highest BCUT2D eigenvalue weighted by Gasteiger charge is 2.08. The first-order chi connectivity index (χ1) is 10.7. The molecule has 1 heterocycles. The largest absolute Gasteiger partial charge is 0.493 e. The van der Waals surface area contributed by atoms with Crippen LogP contribution in [0.4, 0.5) is 0 Å². The molecule has 2 rings (SSSR count). The Hall–Kier alpha value is -3.08. The van der Waals surface area contributed by atoms with Gasteiger partial charge in [-0.25, -0.2) is 9.67 Å². The minimum atomic E-state index is -0.232. The number of amides is 1. The number of carbonyl (C=O) groups is 1. The third-order valence-electron chi connectivity index (χ3n) is 2.88. The first-order valence-corrected chi connectivity index (χ1v) is 6.43. The molecule has 8 heteroatoms. The molecule has 0 saturated heterocycles. The van der Waals surface area contributed by atoms with Gasteiger partial charge in [-0.15, -0.1) is 5.10 Å². The van der Waals surface area contributed by atoms with E-state index in [1.165, 1.54) is 11.0 Å². The van der Waals surface area contributed by atoms with E-state index in [1.807, 2.05) is 6.07 Å². The van der Waals surface area contributed by atoms with Crippen LogP contribution in [0.2, 0.25) is 0 Å². The fourth-order valence-corrected chi connectivity index (χ4v) is 1.82. The molecular weight excluding hydrogens is 286 g/mol. The molecular formula is C14H15N5O3. The Kier molecular flexibility index (Phi) is 4.93. The average molecular weight is 301 g/mol. The maximum Gasteiger partial charge on any atom is 0.252 e. The van der Waals surface area contributed by atoms with Gasteiger partial charge in [0.1, 0.15) is 18.9 Å². The molecule has 114 valence electrons. The van der Waals surface area contributed by atoms with Crippen LogP contribution in [0, 0.1) is 11.3 Å². The van der Waals surface area contributed by atoms with Crippen LogP contribution in [0.25, 0.3) is 0 Å². The van der Waals surface area contributed by atoms with E-state index in [2.05, 4.69) is 15.4 Å². The van der Waals surface area contributed by atoms with Gasteiger partial charge >= 0.3 is 0 Å². The van der Waals surface area contributed by atoms with Crippen molar-refractivity contribution < 1.29 is 14.3 Å². The quantitative estimate of drug-likeness (QED) is 0.832. The lowest BCUT2D eigenvalue weighted by atomic mass is 10.2. The number of rotatable bonds is 6. The highest BCUT2D eigenvalue weighted by molar-refractivity contribution is 5.75. The monoisotopic (exact) mass is 301 g/mol. The van der Waals surface area contributed by atoms with E-state index in [4.69, 9.17) is 14.7 Å². The summed E-state index contributed by atoms with van der Waals surface area (Å²) >= 11 is 0. The molecule has 1 aromatic heterocycles. The number of nitrogens with zero attached hydrogens (tertiary/aromatic N) is 4. The van der Waals surface area contributed by atoms with Gasteiger partial charge in [0.15, 0.2) is 11.5 Å². The Morgan fingerprint density at radius 2 is 2.14 bits per heavy atom. The van der Waals surface area contributed by atoms with Crippen molar-refractivity contribution in [3.8, 4) is 17.6 Å². The summed E-state index contributed by atoms with van der Waals surface area (Å²) in [7, 11) is 3.12. The van der Waals surface area contributed by atoms with Crippen molar-refractivity contribution in [2.75, 3.05) is 14.2 Å². The number of ether oxygens (including phenoxy) is 2. The molecule has 0 aliphatic rings. The summed E-state index contributed by atoms with van der Waals surface area (Å²) < 4.78 is 11.7. The highest BCUT2D eigenvalue weighted by atomic mass is 16.5. The molecule has 0 fully saturated rings. The zero-order chi connectivity index (χ0) is 15.9. The van der Waals surface area contributed by atoms with Gasteiger partial charge in [0.05, 0.1) is 14.2 Å². The van der Waals surface area contributed by atoms with Crippen LogP contribution in [0.1, 0.15) is 11.4 Å². The minimum Gasteiger partial charge on any atom is -0.493 e. The molecule has 0 aliphatic carbocycles. The molecule has 1 amide bonds. The van der Waals surface area contributed by atoms with Crippen LogP contribution in [-0.2, 0) is 17.9 Å². The number of hydrogen-bond acceptors (Lipinski definition) is 6. The van der Waals surface area contributed by atoms with Gasteiger partial charge in [-0.1, -0.05) is 6.07 Å². The number of benzene rings is 1. The molecule has 2 aromatic rings. The molecule has 0 spiro atoms. The third kappa shape index (κ3) is 3.73. The molecule has 1 aromatic carbocycles. The fraction of sp³-hybridized carbons (Fsp3) is 0.286. The molecule has 0 bridgehead atoms. The lowest BCUT2D eigenvalue weighted by molar-refractivity contribution is -0.122. The number of aromatic nitrogens is 3. The molecule has 22 heavy (non-hydrogen) atoms. The number of nitrogens with one attached hydrogen (secondary N) is 1. The summed E-state index contributed by atoms with van der Waals surface area (Å²) in [6.07, 6.45) is 1.34. The van der Waals surface area contributed by atoms with E-state index in [-0.39, 0.29) is 18.3 Å². The number of nitriles is 1. The Labute approximate surface area is 127 Å². The summed E-state index contributed by atoms with van der Waals surface area (Å²) in [6.45, 7) is 0.348. The van der Waals surface area contributed by atoms with Crippen LogP contribution in [-0.4, -0.2) is 34.9 Å². The molecule has 0 radical (unpaired) electrons. The second kappa shape index (κ2) is 7.08. The van der Waals surface area contributed by atoms with Gasteiger partial charge in [-0.3, -0.25) is 4.79 Å². The van der Waals surface area contributed by atoms with Gasteiger partial charge < -0.3 is 14.8 Å². The third-order valence-corrected chi connectivity index (χ3v) is 2.88. The van der Waals surface area contributed by atoms with Crippen molar-refractivity contribution in [1.29, 1.82) is 5.26 Å². The van der Waals surface area contributed by atoms with E-state index >= 15 is 0 Å². The van der Waals surface area contributed by atoms with E-state index in [1.54, 1.807) is 32.4 Å².